The van der Waals surface area contributed by atoms with E-state index in [9.17, 15) is 14.3 Å². The molecule has 0 saturated carbocycles. The first kappa shape index (κ1) is 10.9. The maximum Gasteiger partial charge on any atom is 0.325 e. The highest BCUT2D eigenvalue weighted by atomic mass is 79.9. The van der Waals surface area contributed by atoms with Crippen molar-refractivity contribution in [2.24, 2.45) is 5.73 Å². The first-order chi connectivity index (χ1) is 6.45. The van der Waals surface area contributed by atoms with Crippen LogP contribution in [0.1, 0.15) is 11.6 Å². The van der Waals surface area contributed by atoms with Crippen molar-refractivity contribution in [2.75, 3.05) is 0 Å². The number of hydrogen-bond donors (Lipinski definition) is 3. The lowest BCUT2D eigenvalue weighted by Crippen LogP contribution is -2.21. The molecule has 1 aromatic rings. The lowest BCUT2D eigenvalue weighted by molar-refractivity contribution is -0.138. The van der Waals surface area contributed by atoms with Crippen LogP contribution in [0.3, 0.4) is 0 Å². The number of benzene rings is 1. The number of carboxylic acid groups (broad SMARTS) is 1. The topological polar surface area (TPSA) is 83.6 Å². The third kappa shape index (κ3) is 1.85. The van der Waals surface area contributed by atoms with Crippen LogP contribution in [0.15, 0.2) is 16.6 Å². The third-order valence-electron chi connectivity index (χ3n) is 1.69. The molecule has 14 heavy (non-hydrogen) atoms. The van der Waals surface area contributed by atoms with Crippen LogP contribution in [0.5, 0.6) is 5.75 Å². The minimum absolute atomic E-state index is 0.169. The first-order valence-corrected chi connectivity index (χ1v) is 4.39. The molecule has 0 aliphatic heterocycles. The molecule has 0 radical (unpaired) electrons. The normalized spacial score (nSPS) is 12.5. The van der Waals surface area contributed by atoms with Gasteiger partial charge >= 0.3 is 5.97 Å². The fraction of sp³-hybridized carbons (Fsp3) is 0.125. The fourth-order valence-electron chi connectivity index (χ4n) is 0.976. The number of phenols is 1. The standard InChI is InChI=1S/C8H7BrFNO3/c9-3-1-2-4(10)7(12)5(3)6(11)8(13)14/h1-2,6,12H,11H2,(H,13,14). The van der Waals surface area contributed by atoms with E-state index < -0.39 is 23.6 Å². The molecule has 4 nitrogen and oxygen atoms in total. The number of aromatic hydroxyl groups is 1. The maximum atomic E-state index is 12.9. The molecule has 0 aliphatic carbocycles. The van der Waals surface area contributed by atoms with E-state index in [0.29, 0.717) is 0 Å². The van der Waals surface area contributed by atoms with E-state index in [1.165, 1.54) is 6.07 Å². The highest BCUT2D eigenvalue weighted by Crippen LogP contribution is 2.32. The monoisotopic (exact) mass is 263 g/mol. The number of nitrogens with two attached hydrogens (primary N) is 1. The van der Waals surface area contributed by atoms with Crippen LogP contribution in [-0.2, 0) is 4.79 Å². The van der Waals surface area contributed by atoms with Gasteiger partial charge in [0.05, 0.1) is 0 Å². The summed E-state index contributed by atoms with van der Waals surface area (Å²) in [6.45, 7) is 0. The molecule has 0 amide bonds. The molecular formula is C8H7BrFNO3. The van der Waals surface area contributed by atoms with Crippen molar-refractivity contribution in [2.45, 2.75) is 6.04 Å². The molecule has 0 spiro atoms. The van der Waals surface area contributed by atoms with Crippen LogP contribution < -0.4 is 5.73 Å². The van der Waals surface area contributed by atoms with Crippen molar-refractivity contribution in [1.29, 1.82) is 0 Å². The maximum absolute atomic E-state index is 12.9. The Labute approximate surface area is 87.3 Å². The Kier molecular flexibility index (Phi) is 3.07. The van der Waals surface area contributed by atoms with Gasteiger partial charge in [-0.1, -0.05) is 15.9 Å². The van der Waals surface area contributed by atoms with E-state index >= 15 is 0 Å². The molecule has 1 atom stereocenters. The molecule has 0 aromatic heterocycles. The third-order valence-corrected chi connectivity index (χ3v) is 2.38. The van der Waals surface area contributed by atoms with Crippen LogP contribution in [0.4, 0.5) is 4.39 Å². The summed E-state index contributed by atoms with van der Waals surface area (Å²) in [7, 11) is 0. The van der Waals surface area contributed by atoms with Gasteiger partial charge in [0, 0.05) is 10.0 Å². The number of phenolic OH excluding ortho intramolecular Hbond substituents is 1. The Hall–Kier alpha value is -1.14. The van der Waals surface area contributed by atoms with Crippen LogP contribution in [-0.4, -0.2) is 16.2 Å². The fourth-order valence-corrected chi connectivity index (χ4v) is 1.54. The number of carbonyl (C=O) groups is 1. The van der Waals surface area contributed by atoms with E-state index in [0.717, 1.165) is 6.07 Å². The average molecular weight is 264 g/mol. The predicted octanol–water partition coefficient (Wildman–Crippen LogP) is 1.38. The summed E-state index contributed by atoms with van der Waals surface area (Å²) in [5, 5.41) is 17.8. The second kappa shape index (κ2) is 3.93. The van der Waals surface area contributed by atoms with Gasteiger partial charge in [-0.05, 0) is 12.1 Å². The van der Waals surface area contributed by atoms with Gasteiger partial charge in [0.1, 0.15) is 6.04 Å². The second-order valence-corrected chi connectivity index (χ2v) is 3.46. The first-order valence-electron chi connectivity index (χ1n) is 3.60. The van der Waals surface area contributed by atoms with Crippen molar-refractivity contribution in [3.8, 4) is 5.75 Å². The summed E-state index contributed by atoms with van der Waals surface area (Å²) in [5.74, 6) is -2.99. The Morgan fingerprint density at radius 1 is 1.57 bits per heavy atom. The molecule has 0 fully saturated rings. The number of hydrogen-bond acceptors (Lipinski definition) is 3. The summed E-state index contributed by atoms with van der Waals surface area (Å²) < 4.78 is 13.1. The minimum Gasteiger partial charge on any atom is -0.505 e. The van der Waals surface area contributed by atoms with E-state index in [2.05, 4.69) is 15.9 Å². The predicted molar refractivity (Wildman–Crippen MR) is 50.3 cm³/mol. The van der Waals surface area contributed by atoms with Gasteiger partial charge in [0.2, 0.25) is 0 Å². The zero-order chi connectivity index (χ0) is 10.9. The van der Waals surface area contributed by atoms with Crippen molar-refractivity contribution in [3.63, 3.8) is 0 Å². The molecule has 6 heteroatoms. The van der Waals surface area contributed by atoms with Gasteiger partial charge in [-0.2, -0.15) is 0 Å². The molecule has 1 unspecified atom stereocenters. The van der Waals surface area contributed by atoms with Gasteiger partial charge in [-0.3, -0.25) is 4.79 Å². The van der Waals surface area contributed by atoms with E-state index in [-0.39, 0.29) is 10.0 Å². The Balaban J connectivity index is 3.32. The molecule has 0 aliphatic rings. The van der Waals surface area contributed by atoms with Crippen molar-refractivity contribution < 1.29 is 19.4 Å². The average Bonchev–Trinajstić information content (AvgIpc) is 2.12. The summed E-state index contributed by atoms with van der Waals surface area (Å²) in [6, 6.07) is 0.838. The molecule has 1 rings (SSSR count). The molecule has 1 aromatic carbocycles. The zero-order valence-corrected chi connectivity index (χ0v) is 8.45. The number of aliphatic carboxylic acids is 1. The lowest BCUT2D eigenvalue weighted by Gasteiger charge is -2.11. The molecule has 76 valence electrons. The number of carboxylic acids is 1. The van der Waals surface area contributed by atoms with Crippen LogP contribution in [0, 0.1) is 5.82 Å². The van der Waals surface area contributed by atoms with Crippen molar-refractivity contribution >= 4 is 21.9 Å². The minimum atomic E-state index is -1.46. The van der Waals surface area contributed by atoms with Crippen LogP contribution in [0.2, 0.25) is 0 Å². The van der Waals surface area contributed by atoms with Gasteiger partial charge in [0.25, 0.3) is 0 Å². The van der Waals surface area contributed by atoms with E-state index in [4.69, 9.17) is 10.8 Å². The number of rotatable bonds is 2. The Morgan fingerprint density at radius 3 is 2.64 bits per heavy atom. The Bertz CT molecular complexity index is 383. The summed E-state index contributed by atoms with van der Waals surface area (Å²) in [4.78, 5) is 10.5. The van der Waals surface area contributed by atoms with Crippen molar-refractivity contribution in [1.82, 2.24) is 0 Å². The van der Waals surface area contributed by atoms with Gasteiger partial charge in [0.15, 0.2) is 11.6 Å². The van der Waals surface area contributed by atoms with Gasteiger partial charge in [-0.25, -0.2) is 4.39 Å². The van der Waals surface area contributed by atoms with Crippen molar-refractivity contribution in [3.05, 3.63) is 28.0 Å². The molecule has 0 bridgehead atoms. The van der Waals surface area contributed by atoms with Gasteiger partial charge < -0.3 is 15.9 Å². The molecular weight excluding hydrogens is 257 g/mol. The van der Waals surface area contributed by atoms with Gasteiger partial charge in [-0.15, -0.1) is 0 Å². The highest BCUT2D eigenvalue weighted by molar-refractivity contribution is 9.10. The second-order valence-electron chi connectivity index (χ2n) is 2.61. The van der Waals surface area contributed by atoms with E-state index in [1.54, 1.807) is 0 Å². The zero-order valence-electron chi connectivity index (χ0n) is 6.87. The smallest absolute Gasteiger partial charge is 0.325 e. The summed E-state index contributed by atoms with van der Waals surface area (Å²) in [5.41, 5.74) is 5.08. The molecule has 4 N–H and O–H groups in total. The number of halogens is 2. The largest absolute Gasteiger partial charge is 0.505 e. The molecule has 0 saturated heterocycles. The van der Waals surface area contributed by atoms with Crippen LogP contribution >= 0.6 is 15.9 Å². The van der Waals surface area contributed by atoms with Crippen LogP contribution in [0.25, 0.3) is 0 Å². The summed E-state index contributed by atoms with van der Waals surface area (Å²) >= 11 is 2.98. The lowest BCUT2D eigenvalue weighted by atomic mass is 10.1. The SMILES string of the molecule is NC(C(=O)O)c1c(Br)ccc(F)c1O. The quantitative estimate of drug-likeness (QED) is 0.753. The summed E-state index contributed by atoms with van der Waals surface area (Å²) in [6.07, 6.45) is 0. The molecule has 0 heterocycles. The van der Waals surface area contributed by atoms with E-state index in [1.807, 2.05) is 0 Å². The Morgan fingerprint density at radius 2 is 2.14 bits per heavy atom. The highest BCUT2D eigenvalue weighted by Gasteiger charge is 2.23.